The van der Waals surface area contributed by atoms with Crippen LogP contribution in [0.4, 0.5) is 11.4 Å². The van der Waals surface area contributed by atoms with Crippen molar-refractivity contribution in [2.24, 2.45) is 9.98 Å². The molecular weight excluding hydrogens is 499 g/mol. The summed E-state index contributed by atoms with van der Waals surface area (Å²) in [7, 11) is 0. The quantitative estimate of drug-likeness (QED) is 0.502. The molecule has 3 aliphatic rings. The van der Waals surface area contributed by atoms with E-state index in [9.17, 15) is 0 Å². The van der Waals surface area contributed by atoms with Gasteiger partial charge in [0.1, 0.15) is 0 Å². The van der Waals surface area contributed by atoms with Gasteiger partial charge in [0, 0.05) is 21.6 Å². The van der Waals surface area contributed by atoms with Gasteiger partial charge in [-0.25, -0.2) is 4.99 Å². The third-order valence-corrected chi connectivity index (χ3v) is 6.99. The van der Waals surface area contributed by atoms with Crippen molar-refractivity contribution in [2.75, 3.05) is 11.1 Å². The molecule has 4 nitrogen and oxygen atoms in total. The van der Waals surface area contributed by atoms with Crippen molar-refractivity contribution >= 4 is 86.0 Å². The highest BCUT2D eigenvalue weighted by Crippen LogP contribution is 2.40. The highest BCUT2D eigenvalue weighted by atomic mass is 79.9. The molecule has 0 amide bonds. The van der Waals surface area contributed by atoms with Gasteiger partial charge < -0.3 is 10.2 Å². The Bertz CT molecular complexity index is 994. The molecule has 1 N–H and O–H groups in total. The van der Waals surface area contributed by atoms with Crippen LogP contribution in [0.15, 0.2) is 68.0 Å². The standard InChI is InChI=1S/C19H15BrN4S2.2ClH/c20-15-6-3-5-13-9-24-14(11-26-19(24)23-17(13)15)10-25-18-21-8-12-4-1-2-7-16(12)22-18;;/h1-7,11H,8-10H2,(H,21,22);2*1H. The smallest absolute Gasteiger partial charge is 0.173 e. The number of rotatable bonds is 2. The van der Waals surface area contributed by atoms with Gasteiger partial charge >= 0.3 is 0 Å². The van der Waals surface area contributed by atoms with E-state index in [0.29, 0.717) is 0 Å². The van der Waals surface area contributed by atoms with Crippen molar-refractivity contribution in [3.05, 3.63) is 69.2 Å². The number of benzene rings is 2. The minimum Gasteiger partial charge on any atom is -0.335 e. The van der Waals surface area contributed by atoms with Crippen LogP contribution in [0.5, 0.6) is 0 Å². The van der Waals surface area contributed by atoms with Crippen molar-refractivity contribution in [3.8, 4) is 0 Å². The van der Waals surface area contributed by atoms with Crippen LogP contribution in [0.3, 0.4) is 0 Å². The maximum Gasteiger partial charge on any atom is 0.173 e. The van der Waals surface area contributed by atoms with Gasteiger partial charge in [0.05, 0.1) is 18.8 Å². The summed E-state index contributed by atoms with van der Waals surface area (Å²) in [6.07, 6.45) is 0. The summed E-state index contributed by atoms with van der Waals surface area (Å²) >= 11 is 7.06. The Morgan fingerprint density at radius 2 is 1.93 bits per heavy atom. The Hall–Kier alpha value is -1.12. The van der Waals surface area contributed by atoms with Gasteiger partial charge in [-0.1, -0.05) is 53.9 Å². The summed E-state index contributed by atoms with van der Waals surface area (Å²) in [6, 6.07) is 14.6. The lowest BCUT2D eigenvalue weighted by molar-refractivity contribution is 0.519. The second-order valence-corrected chi connectivity index (χ2v) is 8.80. The number of hydrogen-bond acceptors (Lipinski definition) is 6. The molecule has 2 aromatic carbocycles. The van der Waals surface area contributed by atoms with Crippen LogP contribution in [-0.4, -0.2) is 21.0 Å². The fraction of sp³-hybridized carbons (Fsp3) is 0.158. The highest BCUT2D eigenvalue weighted by molar-refractivity contribution is 9.10. The molecule has 0 spiro atoms. The molecule has 3 aliphatic heterocycles. The van der Waals surface area contributed by atoms with E-state index in [0.717, 1.165) is 39.3 Å². The van der Waals surface area contributed by atoms with Crippen LogP contribution >= 0.6 is 64.3 Å². The lowest BCUT2D eigenvalue weighted by Gasteiger charge is -2.27. The molecule has 0 unspecified atom stereocenters. The third-order valence-electron chi connectivity index (χ3n) is 4.49. The summed E-state index contributed by atoms with van der Waals surface area (Å²) in [6.45, 7) is 1.62. The number of para-hydroxylation sites is 2. The first-order chi connectivity index (χ1) is 12.8. The van der Waals surface area contributed by atoms with Crippen molar-refractivity contribution in [1.29, 1.82) is 0 Å². The number of nitrogens with zero attached hydrogens (tertiary/aromatic N) is 3. The van der Waals surface area contributed by atoms with Crippen LogP contribution in [-0.2, 0) is 13.1 Å². The molecule has 3 heterocycles. The van der Waals surface area contributed by atoms with Gasteiger partial charge in [0.2, 0.25) is 0 Å². The third kappa shape index (κ3) is 4.09. The largest absolute Gasteiger partial charge is 0.335 e. The number of nitrogens with one attached hydrogen (secondary N) is 1. The lowest BCUT2D eigenvalue weighted by atomic mass is 10.1. The van der Waals surface area contributed by atoms with Crippen LogP contribution in [0.25, 0.3) is 0 Å². The first-order valence-electron chi connectivity index (χ1n) is 8.29. The predicted molar refractivity (Wildman–Crippen MR) is 131 cm³/mol. The Morgan fingerprint density at radius 1 is 1.11 bits per heavy atom. The van der Waals surface area contributed by atoms with Crippen LogP contribution in [0.2, 0.25) is 0 Å². The number of anilines is 1. The molecule has 5 rings (SSSR count). The van der Waals surface area contributed by atoms with Crippen molar-refractivity contribution < 1.29 is 0 Å². The molecule has 0 saturated carbocycles. The van der Waals surface area contributed by atoms with Gasteiger partial charge in [-0.15, -0.1) is 24.8 Å². The summed E-state index contributed by atoms with van der Waals surface area (Å²) in [5.41, 5.74) is 6.01. The van der Waals surface area contributed by atoms with E-state index in [1.807, 2.05) is 6.07 Å². The average Bonchev–Trinajstić information content (AvgIpc) is 3.07. The Morgan fingerprint density at radius 3 is 2.82 bits per heavy atom. The van der Waals surface area contributed by atoms with E-state index in [1.165, 1.54) is 22.5 Å². The SMILES string of the molecule is Brc1cccc2c1N=C1SC=C(CSC3=NCc4ccccc4N3)N1C2.Cl.Cl. The number of amidine groups is 2. The lowest BCUT2D eigenvalue weighted by Crippen LogP contribution is -2.28. The maximum absolute atomic E-state index is 4.83. The molecule has 0 radical (unpaired) electrons. The normalized spacial score (nSPS) is 16.2. The average molecular weight is 516 g/mol. The molecule has 0 fully saturated rings. The Balaban J connectivity index is 0.00000112. The zero-order chi connectivity index (χ0) is 17.5. The Labute approximate surface area is 193 Å². The molecule has 0 saturated heterocycles. The minimum absolute atomic E-state index is 0. The highest BCUT2D eigenvalue weighted by Gasteiger charge is 2.28. The minimum atomic E-state index is 0. The number of thioether (sulfide) groups is 2. The number of fused-ring (bicyclic) bond motifs is 3. The molecule has 146 valence electrons. The van der Waals surface area contributed by atoms with Gasteiger partial charge in [-0.2, -0.15) is 0 Å². The summed E-state index contributed by atoms with van der Waals surface area (Å²) in [5, 5.41) is 7.70. The summed E-state index contributed by atoms with van der Waals surface area (Å²) < 4.78 is 1.06. The number of aliphatic imine (C=N–C) groups is 2. The number of halogens is 3. The molecule has 28 heavy (non-hydrogen) atoms. The molecule has 0 bridgehead atoms. The monoisotopic (exact) mass is 514 g/mol. The fourth-order valence-electron chi connectivity index (χ4n) is 3.13. The molecule has 0 aromatic heterocycles. The van der Waals surface area contributed by atoms with E-state index in [1.54, 1.807) is 23.5 Å². The van der Waals surface area contributed by atoms with E-state index >= 15 is 0 Å². The second-order valence-electron chi connectivity index (χ2n) is 6.15. The zero-order valence-corrected chi connectivity index (χ0v) is 19.4. The second kappa shape index (κ2) is 9.13. The van der Waals surface area contributed by atoms with E-state index < -0.39 is 0 Å². The summed E-state index contributed by atoms with van der Waals surface area (Å²) in [5.74, 6) is 0.878. The van der Waals surface area contributed by atoms with E-state index in [-0.39, 0.29) is 24.8 Å². The van der Waals surface area contributed by atoms with E-state index in [2.05, 4.69) is 72.9 Å². The maximum atomic E-state index is 4.83. The topological polar surface area (TPSA) is 40.0 Å². The predicted octanol–water partition coefficient (Wildman–Crippen LogP) is 6.40. The van der Waals surface area contributed by atoms with Gasteiger partial charge in [0.25, 0.3) is 0 Å². The first-order valence-corrected chi connectivity index (χ1v) is 11.0. The van der Waals surface area contributed by atoms with E-state index in [4.69, 9.17) is 4.99 Å². The van der Waals surface area contributed by atoms with Crippen molar-refractivity contribution in [1.82, 2.24) is 4.90 Å². The van der Waals surface area contributed by atoms with Gasteiger partial charge in [-0.05, 0) is 44.6 Å². The summed E-state index contributed by atoms with van der Waals surface area (Å²) in [4.78, 5) is 11.8. The first kappa shape index (κ1) is 21.6. The molecule has 0 aliphatic carbocycles. The van der Waals surface area contributed by atoms with Crippen molar-refractivity contribution in [2.45, 2.75) is 13.1 Å². The van der Waals surface area contributed by atoms with Crippen LogP contribution < -0.4 is 5.32 Å². The van der Waals surface area contributed by atoms with Crippen molar-refractivity contribution in [3.63, 3.8) is 0 Å². The molecule has 9 heteroatoms. The zero-order valence-electron chi connectivity index (χ0n) is 14.6. The van der Waals surface area contributed by atoms with Gasteiger partial charge in [-0.3, -0.25) is 4.99 Å². The van der Waals surface area contributed by atoms with Crippen LogP contribution in [0.1, 0.15) is 11.1 Å². The molecule has 0 atom stereocenters. The fourth-order valence-corrected chi connectivity index (χ4v) is 5.50. The Kier molecular flexibility index (Phi) is 7.04. The van der Waals surface area contributed by atoms with Crippen LogP contribution in [0, 0.1) is 0 Å². The molecular formula is C19H17BrCl2N4S2. The molecule has 2 aromatic rings. The number of hydrogen-bond donors (Lipinski definition) is 1. The van der Waals surface area contributed by atoms with Gasteiger partial charge in [0.15, 0.2) is 10.3 Å².